The molecule has 0 fully saturated rings. The van der Waals surface area contributed by atoms with E-state index in [0.717, 1.165) is 21.0 Å². The maximum Gasteiger partial charge on any atom is 0.306 e. The topological polar surface area (TPSA) is 77.5 Å². The zero-order chi connectivity index (χ0) is 19.9. The number of carbonyl (C=O) groups excluding carboxylic acids is 2. The molecule has 0 saturated carbocycles. The quantitative estimate of drug-likeness (QED) is 0.576. The molecule has 6 nitrogen and oxygen atoms in total. The van der Waals surface area contributed by atoms with Crippen LogP contribution in [0.4, 0.5) is 5.69 Å². The molecule has 146 valence electrons. The van der Waals surface area contributed by atoms with Crippen molar-refractivity contribution in [2.45, 2.75) is 32.8 Å². The number of aromatic nitrogens is 1. The Morgan fingerprint density at radius 1 is 1.14 bits per heavy atom. The molecule has 0 aliphatic rings. The minimum atomic E-state index is -0.880. The van der Waals surface area contributed by atoms with Gasteiger partial charge in [0, 0.05) is 12.1 Å². The van der Waals surface area contributed by atoms with Crippen molar-refractivity contribution in [2.24, 2.45) is 0 Å². The Labute approximate surface area is 167 Å². The van der Waals surface area contributed by atoms with E-state index in [4.69, 9.17) is 9.47 Å². The van der Waals surface area contributed by atoms with E-state index in [9.17, 15) is 9.59 Å². The largest absolute Gasteiger partial charge is 0.494 e. The minimum absolute atomic E-state index is 0.181. The molecule has 0 aliphatic heterocycles. The molecule has 3 aromatic rings. The lowest BCUT2D eigenvalue weighted by Crippen LogP contribution is -2.30. The lowest BCUT2D eigenvalue weighted by atomic mass is 10.2. The minimum Gasteiger partial charge on any atom is -0.494 e. The maximum atomic E-state index is 12.2. The zero-order valence-electron chi connectivity index (χ0n) is 15.8. The summed E-state index contributed by atoms with van der Waals surface area (Å²) in [5, 5.41) is 3.61. The van der Waals surface area contributed by atoms with Crippen LogP contribution in [-0.2, 0) is 20.7 Å². The predicted octanol–water partition coefficient (Wildman–Crippen LogP) is 4.20. The number of anilines is 1. The molecule has 3 rings (SSSR count). The van der Waals surface area contributed by atoms with Crippen LogP contribution in [0.3, 0.4) is 0 Å². The van der Waals surface area contributed by atoms with Gasteiger partial charge in [-0.1, -0.05) is 12.1 Å². The van der Waals surface area contributed by atoms with Crippen LogP contribution in [0.25, 0.3) is 10.2 Å². The van der Waals surface area contributed by atoms with Gasteiger partial charge in [-0.15, -0.1) is 11.3 Å². The van der Waals surface area contributed by atoms with Crippen LogP contribution in [0.2, 0.25) is 0 Å². The number of rotatable bonds is 8. The van der Waals surface area contributed by atoms with Crippen LogP contribution in [0.15, 0.2) is 48.5 Å². The molecule has 2 aromatic carbocycles. The summed E-state index contributed by atoms with van der Waals surface area (Å²) < 4.78 is 11.7. The van der Waals surface area contributed by atoms with Crippen molar-refractivity contribution < 1.29 is 19.1 Å². The first-order chi connectivity index (χ1) is 13.5. The van der Waals surface area contributed by atoms with Gasteiger partial charge in [-0.3, -0.25) is 9.59 Å². The summed E-state index contributed by atoms with van der Waals surface area (Å²) in [6.45, 7) is 4.04. The number of thiazole rings is 1. The third-order valence-corrected chi connectivity index (χ3v) is 5.09. The number of benzene rings is 2. The molecule has 1 aromatic heterocycles. The number of nitrogens with one attached hydrogen (secondary N) is 1. The van der Waals surface area contributed by atoms with Gasteiger partial charge in [-0.25, -0.2) is 4.98 Å². The Hall–Kier alpha value is -2.93. The summed E-state index contributed by atoms with van der Waals surface area (Å²) in [5.74, 6) is -0.0686. The number of hydrogen-bond donors (Lipinski definition) is 1. The van der Waals surface area contributed by atoms with E-state index in [0.29, 0.717) is 18.7 Å². The van der Waals surface area contributed by atoms with Crippen LogP contribution < -0.4 is 10.1 Å². The van der Waals surface area contributed by atoms with E-state index in [2.05, 4.69) is 10.3 Å². The molecule has 28 heavy (non-hydrogen) atoms. The average Bonchev–Trinajstić information content (AvgIpc) is 3.11. The van der Waals surface area contributed by atoms with Crippen molar-refractivity contribution in [1.82, 2.24) is 4.98 Å². The summed E-state index contributed by atoms with van der Waals surface area (Å²) in [7, 11) is 0. The Bertz CT molecular complexity index is 919. The molecule has 1 amide bonds. The van der Waals surface area contributed by atoms with E-state index in [1.54, 1.807) is 42.5 Å². The Kier molecular flexibility index (Phi) is 6.60. The standard InChI is InChI=1S/C21H22N2O4S/c1-3-26-16-10-8-15(9-11-16)22-21(25)14(2)27-20(24)13-12-19-23-17-6-4-5-7-18(17)28-19/h4-11,14H,3,12-13H2,1-2H3,(H,22,25). The molecule has 7 heteroatoms. The molecular formula is C21H22N2O4S. The lowest BCUT2D eigenvalue weighted by molar-refractivity contribution is -0.153. The van der Waals surface area contributed by atoms with Gasteiger partial charge in [0.25, 0.3) is 5.91 Å². The van der Waals surface area contributed by atoms with Crippen molar-refractivity contribution in [1.29, 1.82) is 0 Å². The highest BCUT2D eigenvalue weighted by Gasteiger charge is 2.18. The predicted molar refractivity (Wildman–Crippen MR) is 110 cm³/mol. The first-order valence-electron chi connectivity index (χ1n) is 9.13. The molecular weight excluding hydrogens is 376 g/mol. The number of ether oxygens (including phenoxy) is 2. The van der Waals surface area contributed by atoms with Crippen LogP contribution >= 0.6 is 11.3 Å². The first kappa shape index (κ1) is 19.8. The van der Waals surface area contributed by atoms with Gasteiger partial charge in [0.15, 0.2) is 6.10 Å². The molecule has 1 unspecified atom stereocenters. The molecule has 1 N–H and O–H groups in total. The van der Waals surface area contributed by atoms with Crippen molar-refractivity contribution in [2.75, 3.05) is 11.9 Å². The molecule has 0 spiro atoms. The Balaban J connectivity index is 1.46. The van der Waals surface area contributed by atoms with Gasteiger partial charge >= 0.3 is 5.97 Å². The fourth-order valence-corrected chi connectivity index (χ4v) is 3.56. The second-order valence-corrected chi connectivity index (χ2v) is 7.27. The number of esters is 1. The number of fused-ring (bicyclic) bond motifs is 1. The van der Waals surface area contributed by atoms with Crippen LogP contribution in [0.5, 0.6) is 5.75 Å². The number of carbonyl (C=O) groups is 2. The number of amides is 1. The van der Waals surface area contributed by atoms with Crippen LogP contribution in [0.1, 0.15) is 25.3 Å². The number of aryl methyl sites for hydroxylation is 1. The highest BCUT2D eigenvalue weighted by molar-refractivity contribution is 7.18. The maximum absolute atomic E-state index is 12.2. The second kappa shape index (κ2) is 9.32. The third-order valence-electron chi connectivity index (χ3n) is 3.99. The van der Waals surface area contributed by atoms with Gasteiger partial charge in [0.05, 0.1) is 28.3 Å². The lowest BCUT2D eigenvalue weighted by Gasteiger charge is -2.13. The molecule has 1 atom stereocenters. The normalized spacial score (nSPS) is 11.8. The van der Waals surface area contributed by atoms with Gasteiger partial charge < -0.3 is 14.8 Å². The van der Waals surface area contributed by atoms with Gasteiger partial charge in [0.1, 0.15) is 5.75 Å². The monoisotopic (exact) mass is 398 g/mol. The summed E-state index contributed by atoms with van der Waals surface area (Å²) >= 11 is 1.56. The van der Waals surface area contributed by atoms with Gasteiger partial charge in [-0.2, -0.15) is 0 Å². The SMILES string of the molecule is CCOc1ccc(NC(=O)C(C)OC(=O)CCc2nc3ccccc3s2)cc1. The first-order valence-corrected chi connectivity index (χ1v) is 9.94. The summed E-state index contributed by atoms with van der Waals surface area (Å²) in [6.07, 6.45) is -0.208. The van der Waals surface area contributed by atoms with Crippen molar-refractivity contribution in [3.8, 4) is 5.75 Å². The Morgan fingerprint density at radius 3 is 2.61 bits per heavy atom. The highest BCUT2D eigenvalue weighted by atomic mass is 32.1. The van der Waals surface area contributed by atoms with Crippen molar-refractivity contribution >= 4 is 39.1 Å². The second-order valence-electron chi connectivity index (χ2n) is 6.15. The Morgan fingerprint density at radius 2 is 1.89 bits per heavy atom. The van der Waals surface area contributed by atoms with Gasteiger partial charge in [0.2, 0.25) is 0 Å². The summed E-state index contributed by atoms with van der Waals surface area (Å²) in [4.78, 5) is 28.8. The van der Waals surface area contributed by atoms with E-state index in [1.807, 2.05) is 31.2 Å². The van der Waals surface area contributed by atoms with E-state index in [-0.39, 0.29) is 12.3 Å². The summed E-state index contributed by atoms with van der Waals surface area (Å²) in [5.41, 5.74) is 1.55. The number of para-hydroxylation sites is 1. The van der Waals surface area contributed by atoms with Crippen molar-refractivity contribution in [3.63, 3.8) is 0 Å². The zero-order valence-corrected chi connectivity index (χ0v) is 16.6. The fourth-order valence-electron chi connectivity index (χ4n) is 2.59. The molecule has 1 heterocycles. The molecule has 0 radical (unpaired) electrons. The highest BCUT2D eigenvalue weighted by Crippen LogP contribution is 2.22. The molecule has 0 aliphatic carbocycles. The summed E-state index contributed by atoms with van der Waals surface area (Å²) in [6, 6.07) is 14.9. The van der Waals surface area contributed by atoms with Gasteiger partial charge in [-0.05, 0) is 50.2 Å². The molecule has 0 saturated heterocycles. The van der Waals surface area contributed by atoms with Crippen LogP contribution in [-0.4, -0.2) is 29.6 Å². The number of nitrogens with zero attached hydrogens (tertiary/aromatic N) is 1. The van der Waals surface area contributed by atoms with E-state index >= 15 is 0 Å². The smallest absolute Gasteiger partial charge is 0.306 e. The third kappa shape index (κ3) is 5.29. The van der Waals surface area contributed by atoms with Crippen molar-refractivity contribution in [3.05, 3.63) is 53.5 Å². The fraction of sp³-hybridized carbons (Fsp3) is 0.286. The number of hydrogen-bond acceptors (Lipinski definition) is 6. The van der Waals surface area contributed by atoms with E-state index in [1.165, 1.54) is 0 Å². The van der Waals surface area contributed by atoms with E-state index < -0.39 is 12.1 Å². The molecule has 0 bridgehead atoms. The van der Waals surface area contributed by atoms with Crippen LogP contribution in [0, 0.1) is 0 Å². The average molecular weight is 398 g/mol.